The lowest BCUT2D eigenvalue weighted by molar-refractivity contribution is 0.0779. The summed E-state index contributed by atoms with van der Waals surface area (Å²) in [4.78, 5) is 33.9. The first-order chi connectivity index (χ1) is 12.4. The molecule has 1 aliphatic carbocycles. The Morgan fingerprint density at radius 2 is 1.85 bits per heavy atom. The van der Waals surface area contributed by atoms with Gasteiger partial charge in [0.15, 0.2) is 0 Å². The Bertz CT molecular complexity index is 829. The summed E-state index contributed by atoms with van der Waals surface area (Å²) < 4.78 is 0. The van der Waals surface area contributed by atoms with Gasteiger partial charge in [-0.05, 0) is 56.6 Å². The minimum atomic E-state index is -0.0226. The molecule has 0 bridgehead atoms. The predicted octanol–water partition coefficient (Wildman–Crippen LogP) is 3.41. The summed E-state index contributed by atoms with van der Waals surface area (Å²) in [5.74, 6) is 1.15. The molecule has 2 amide bonds. The first-order valence-corrected chi connectivity index (χ1v) is 10.7. The van der Waals surface area contributed by atoms with E-state index in [1.165, 1.54) is 21.8 Å². The molecule has 26 heavy (non-hydrogen) atoms. The highest BCUT2D eigenvalue weighted by molar-refractivity contribution is 7.14. The fourth-order valence-corrected chi connectivity index (χ4v) is 5.91. The van der Waals surface area contributed by atoms with Crippen LogP contribution in [0.25, 0.3) is 0 Å². The van der Waals surface area contributed by atoms with Crippen LogP contribution in [0.5, 0.6) is 0 Å². The zero-order valence-electron chi connectivity index (χ0n) is 15.2. The second kappa shape index (κ2) is 6.78. The van der Waals surface area contributed by atoms with E-state index in [9.17, 15) is 9.59 Å². The summed E-state index contributed by atoms with van der Waals surface area (Å²) in [7, 11) is 0. The van der Waals surface area contributed by atoms with Gasteiger partial charge in [-0.1, -0.05) is 0 Å². The summed E-state index contributed by atoms with van der Waals surface area (Å²) >= 11 is 2.99. The number of thiazole rings is 1. The highest BCUT2D eigenvalue weighted by Gasteiger charge is 2.43. The number of likely N-dealkylation sites (tertiary alicyclic amines) is 1. The predicted molar refractivity (Wildman–Crippen MR) is 104 cm³/mol. The number of hydrogen-bond acceptors (Lipinski definition) is 5. The van der Waals surface area contributed by atoms with Gasteiger partial charge in [-0.3, -0.25) is 14.6 Å². The number of fused-ring (bicyclic) bond motifs is 1. The van der Waals surface area contributed by atoms with Crippen molar-refractivity contribution in [1.82, 2.24) is 15.2 Å². The number of carbonyl (C=O) groups excluding carboxylic acids is 2. The monoisotopic (exact) mass is 389 g/mol. The van der Waals surface area contributed by atoms with Crippen LogP contribution in [0.4, 0.5) is 0 Å². The molecular formula is C19H23N3O2S2. The van der Waals surface area contributed by atoms with E-state index in [0.717, 1.165) is 36.4 Å². The molecule has 0 aromatic carbocycles. The maximum Gasteiger partial charge on any atom is 0.264 e. The molecule has 4 rings (SSSR count). The summed E-state index contributed by atoms with van der Waals surface area (Å²) in [6.45, 7) is 7.84. The number of aryl methyl sites for hydroxylation is 1. The maximum atomic E-state index is 12.9. The third-order valence-electron chi connectivity index (χ3n) is 5.91. The van der Waals surface area contributed by atoms with Crippen LogP contribution in [0.3, 0.4) is 0 Å². The Labute approximate surface area is 161 Å². The van der Waals surface area contributed by atoms with Crippen molar-refractivity contribution in [2.24, 2.45) is 11.8 Å². The van der Waals surface area contributed by atoms with Crippen molar-refractivity contribution in [1.29, 1.82) is 0 Å². The number of rotatable bonds is 3. The molecule has 2 unspecified atom stereocenters. The Hall–Kier alpha value is -1.73. The van der Waals surface area contributed by atoms with Crippen molar-refractivity contribution in [3.63, 3.8) is 0 Å². The van der Waals surface area contributed by atoms with Crippen LogP contribution in [0.1, 0.15) is 48.2 Å². The number of nitrogens with one attached hydrogen (secondary N) is 1. The second-order valence-electron chi connectivity index (χ2n) is 7.48. The normalized spacial score (nSPS) is 24.7. The first kappa shape index (κ1) is 17.7. The van der Waals surface area contributed by atoms with E-state index in [0.29, 0.717) is 16.7 Å². The minimum Gasteiger partial charge on any atom is -0.349 e. The third-order valence-corrected chi connectivity index (χ3v) is 7.98. The van der Waals surface area contributed by atoms with Crippen LogP contribution in [-0.4, -0.2) is 40.8 Å². The molecular weight excluding hydrogens is 366 g/mol. The number of aromatic nitrogens is 1. The quantitative estimate of drug-likeness (QED) is 0.875. The summed E-state index contributed by atoms with van der Waals surface area (Å²) in [6.07, 6.45) is 3.53. The highest BCUT2D eigenvalue weighted by atomic mass is 32.1. The van der Waals surface area contributed by atoms with Gasteiger partial charge < -0.3 is 10.2 Å². The second-order valence-corrected chi connectivity index (χ2v) is 9.59. The van der Waals surface area contributed by atoms with E-state index in [4.69, 9.17) is 0 Å². The molecule has 0 spiro atoms. The first-order valence-electron chi connectivity index (χ1n) is 8.99. The number of nitrogens with zero attached hydrogens (tertiary/aromatic N) is 2. The molecule has 1 saturated heterocycles. The lowest BCUT2D eigenvalue weighted by atomic mass is 10.0. The topological polar surface area (TPSA) is 62.3 Å². The smallest absolute Gasteiger partial charge is 0.264 e. The van der Waals surface area contributed by atoms with E-state index in [1.807, 2.05) is 11.8 Å². The molecule has 1 aliphatic heterocycles. The van der Waals surface area contributed by atoms with Crippen LogP contribution in [-0.2, 0) is 0 Å². The number of hydrogen-bond donors (Lipinski definition) is 1. The van der Waals surface area contributed by atoms with E-state index >= 15 is 0 Å². The summed E-state index contributed by atoms with van der Waals surface area (Å²) in [5, 5.41) is 3.14. The van der Waals surface area contributed by atoms with Crippen molar-refractivity contribution in [3.8, 4) is 0 Å². The largest absolute Gasteiger partial charge is 0.349 e. The number of thiophene rings is 1. The molecule has 2 atom stereocenters. The van der Waals surface area contributed by atoms with Gasteiger partial charge in [-0.2, -0.15) is 0 Å². The molecule has 138 valence electrons. The van der Waals surface area contributed by atoms with Gasteiger partial charge in [0.05, 0.1) is 16.6 Å². The molecule has 5 nitrogen and oxygen atoms in total. The van der Waals surface area contributed by atoms with Gasteiger partial charge >= 0.3 is 0 Å². The molecule has 2 aliphatic rings. The molecule has 2 aromatic heterocycles. The molecule has 1 saturated carbocycles. The van der Waals surface area contributed by atoms with Crippen molar-refractivity contribution >= 4 is 34.5 Å². The Morgan fingerprint density at radius 3 is 2.38 bits per heavy atom. The Morgan fingerprint density at radius 1 is 1.15 bits per heavy atom. The molecule has 7 heteroatoms. The van der Waals surface area contributed by atoms with Crippen LogP contribution >= 0.6 is 22.7 Å². The Balaban J connectivity index is 1.37. The third kappa shape index (κ3) is 3.07. The SMILES string of the molecule is Cc1sc(C(=O)N2CC3CC(NC(=O)c4cncs4)CC3C2)c(C)c1C. The zero-order valence-corrected chi connectivity index (χ0v) is 16.9. The molecule has 2 fully saturated rings. The van der Waals surface area contributed by atoms with E-state index in [-0.39, 0.29) is 17.9 Å². The van der Waals surface area contributed by atoms with Crippen molar-refractivity contribution < 1.29 is 9.59 Å². The van der Waals surface area contributed by atoms with Gasteiger partial charge in [0.2, 0.25) is 0 Å². The lowest BCUT2D eigenvalue weighted by Gasteiger charge is -2.19. The van der Waals surface area contributed by atoms with Gasteiger partial charge in [0.1, 0.15) is 4.88 Å². The lowest BCUT2D eigenvalue weighted by Crippen LogP contribution is -2.35. The van der Waals surface area contributed by atoms with Gasteiger partial charge in [-0.15, -0.1) is 22.7 Å². The van der Waals surface area contributed by atoms with Crippen molar-refractivity contribution in [2.45, 2.75) is 39.7 Å². The van der Waals surface area contributed by atoms with Crippen LogP contribution < -0.4 is 5.32 Å². The maximum absolute atomic E-state index is 12.9. The van der Waals surface area contributed by atoms with Gasteiger partial charge in [0, 0.05) is 24.0 Å². The minimum absolute atomic E-state index is 0.0226. The summed E-state index contributed by atoms with van der Waals surface area (Å²) in [5.41, 5.74) is 4.05. The highest BCUT2D eigenvalue weighted by Crippen LogP contribution is 2.39. The van der Waals surface area contributed by atoms with E-state index < -0.39 is 0 Å². The average molecular weight is 390 g/mol. The fraction of sp³-hybridized carbons (Fsp3) is 0.526. The number of amides is 2. The number of carbonyl (C=O) groups is 2. The average Bonchev–Trinajstić information content (AvgIpc) is 3.35. The molecule has 2 aromatic rings. The summed E-state index contributed by atoms with van der Waals surface area (Å²) in [6, 6.07) is 0.213. The van der Waals surface area contributed by atoms with Crippen LogP contribution in [0.15, 0.2) is 11.7 Å². The van der Waals surface area contributed by atoms with Crippen LogP contribution in [0.2, 0.25) is 0 Å². The standard InChI is InChI=1S/C19H23N3O2S2/c1-10-11(2)17(26-12(10)3)19(24)22-7-13-4-15(5-14(13)8-22)21-18(23)16-6-20-9-25-16/h6,9,13-15H,4-5,7-8H2,1-3H3,(H,21,23). The zero-order chi connectivity index (χ0) is 18.4. The molecule has 0 radical (unpaired) electrons. The van der Waals surface area contributed by atoms with E-state index in [1.54, 1.807) is 23.0 Å². The Kier molecular flexibility index (Phi) is 4.61. The molecule has 1 N–H and O–H groups in total. The molecule has 3 heterocycles. The van der Waals surface area contributed by atoms with E-state index in [2.05, 4.69) is 24.1 Å². The van der Waals surface area contributed by atoms with Crippen LogP contribution in [0, 0.1) is 32.6 Å². The van der Waals surface area contributed by atoms with Gasteiger partial charge in [-0.25, -0.2) is 0 Å². The fourth-order valence-electron chi connectivity index (χ4n) is 4.26. The van der Waals surface area contributed by atoms with Gasteiger partial charge in [0.25, 0.3) is 11.8 Å². The van der Waals surface area contributed by atoms with Crippen molar-refractivity contribution in [3.05, 3.63) is 37.5 Å². The van der Waals surface area contributed by atoms with Crippen molar-refractivity contribution in [2.75, 3.05) is 13.1 Å².